The summed E-state index contributed by atoms with van der Waals surface area (Å²) in [6, 6.07) is 0. The quantitative estimate of drug-likeness (QED) is 0.902. The highest BCUT2D eigenvalue weighted by atomic mass is 16.5. The van der Waals surface area contributed by atoms with Crippen LogP contribution in [0.25, 0.3) is 0 Å². The van der Waals surface area contributed by atoms with Crippen LogP contribution in [0.5, 0.6) is 0 Å². The van der Waals surface area contributed by atoms with Crippen molar-refractivity contribution in [2.24, 2.45) is 5.92 Å². The Balaban J connectivity index is 2.12. The van der Waals surface area contributed by atoms with Crippen molar-refractivity contribution >= 4 is 5.91 Å². The van der Waals surface area contributed by atoms with Gasteiger partial charge >= 0.3 is 0 Å². The number of aromatic nitrogens is 1. The first-order valence-electron chi connectivity index (χ1n) is 7.02. The van der Waals surface area contributed by atoms with Crippen LogP contribution < -0.4 is 0 Å². The molecule has 1 fully saturated rings. The Morgan fingerprint density at radius 3 is 3.05 bits per heavy atom. The number of hydrogen-bond acceptors (Lipinski definition) is 4. The van der Waals surface area contributed by atoms with Gasteiger partial charge in [0.1, 0.15) is 11.3 Å². The third kappa shape index (κ3) is 2.97. The molecule has 2 heterocycles. The summed E-state index contributed by atoms with van der Waals surface area (Å²) in [4.78, 5) is 14.5. The SMILES string of the molecule is CCc1noc(C)c1C(=O)N1CCCC(CCO)C1. The highest BCUT2D eigenvalue weighted by Gasteiger charge is 2.28. The Kier molecular flexibility index (Phi) is 4.58. The molecule has 1 N–H and O–H groups in total. The van der Waals surface area contributed by atoms with Crippen molar-refractivity contribution in [3.05, 3.63) is 17.0 Å². The van der Waals surface area contributed by atoms with Gasteiger partial charge in [0, 0.05) is 19.7 Å². The molecule has 1 unspecified atom stereocenters. The zero-order valence-electron chi connectivity index (χ0n) is 11.7. The van der Waals surface area contributed by atoms with Crippen molar-refractivity contribution in [2.75, 3.05) is 19.7 Å². The number of nitrogens with zero attached hydrogens (tertiary/aromatic N) is 2. The summed E-state index contributed by atoms with van der Waals surface area (Å²) in [7, 11) is 0. The molecule has 0 aliphatic carbocycles. The second kappa shape index (κ2) is 6.19. The van der Waals surface area contributed by atoms with Crippen molar-refractivity contribution in [2.45, 2.75) is 39.5 Å². The molecule has 0 radical (unpaired) electrons. The number of rotatable bonds is 4. The minimum atomic E-state index is 0.0261. The standard InChI is InChI=1S/C14H22N2O3/c1-3-12-13(10(2)19-15-12)14(18)16-7-4-5-11(9-16)6-8-17/h11,17H,3-9H2,1-2H3. The first-order chi connectivity index (χ1) is 9.17. The molecule has 1 amide bonds. The maximum Gasteiger partial charge on any atom is 0.259 e. The normalized spacial score (nSPS) is 19.7. The van der Waals surface area contributed by atoms with Gasteiger partial charge in [-0.2, -0.15) is 0 Å². The van der Waals surface area contributed by atoms with Gasteiger partial charge in [0.15, 0.2) is 0 Å². The molecular formula is C14H22N2O3. The Morgan fingerprint density at radius 2 is 2.37 bits per heavy atom. The Bertz CT molecular complexity index is 440. The first-order valence-corrected chi connectivity index (χ1v) is 7.02. The number of amides is 1. The number of hydrogen-bond donors (Lipinski definition) is 1. The molecule has 0 aromatic carbocycles. The lowest BCUT2D eigenvalue weighted by molar-refractivity contribution is 0.0651. The molecule has 5 heteroatoms. The lowest BCUT2D eigenvalue weighted by Crippen LogP contribution is -2.40. The summed E-state index contributed by atoms with van der Waals surface area (Å²) >= 11 is 0. The smallest absolute Gasteiger partial charge is 0.259 e. The maximum absolute atomic E-state index is 12.6. The Hall–Kier alpha value is -1.36. The number of aliphatic hydroxyl groups is 1. The van der Waals surface area contributed by atoms with Crippen LogP contribution in [-0.2, 0) is 6.42 Å². The van der Waals surface area contributed by atoms with Gasteiger partial charge in [-0.05, 0) is 38.5 Å². The van der Waals surface area contributed by atoms with Crippen LogP contribution in [0, 0.1) is 12.8 Å². The van der Waals surface area contributed by atoms with Gasteiger partial charge in [0.25, 0.3) is 5.91 Å². The van der Waals surface area contributed by atoms with E-state index in [0.717, 1.165) is 38.0 Å². The van der Waals surface area contributed by atoms with Crippen LogP contribution in [0.2, 0.25) is 0 Å². The van der Waals surface area contributed by atoms with Crippen molar-refractivity contribution < 1.29 is 14.4 Å². The molecule has 0 bridgehead atoms. The fourth-order valence-corrected chi connectivity index (χ4v) is 2.76. The lowest BCUT2D eigenvalue weighted by Gasteiger charge is -2.32. The molecule has 2 rings (SSSR count). The summed E-state index contributed by atoms with van der Waals surface area (Å²) in [5.41, 5.74) is 1.37. The predicted molar refractivity (Wildman–Crippen MR) is 70.9 cm³/mol. The highest BCUT2D eigenvalue weighted by molar-refractivity contribution is 5.96. The number of aliphatic hydroxyl groups excluding tert-OH is 1. The van der Waals surface area contributed by atoms with Crippen molar-refractivity contribution in [1.82, 2.24) is 10.1 Å². The molecule has 0 spiro atoms. The molecule has 0 saturated carbocycles. The van der Waals surface area contributed by atoms with Crippen LogP contribution in [-0.4, -0.2) is 40.8 Å². The monoisotopic (exact) mass is 266 g/mol. The van der Waals surface area contributed by atoms with E-state index in [4.69, 9.17) is 9.63 Å². The molecule has 19 heavy (non-hydrogen) atoms. The Morgan fingerprint density at radius 1 is 1.58 bits per heavy atom. The van der Waals surface area contributed by atoms with E-state index in [1.807, 2.05) is 11.8 Å². The average Bonchev–Trinajstić information content (AvgIpc) is 2.80. The number of carbonyl (C=O) groups excluding carboxylic acids is 1. The van der Waals surface area contributed by atoms with E-state index in [-0.39, 0.29) is 12.5 Å². The van der Waals surface area contributed by atoms with Gasteiger partial charge in [-0.3, -0.25) is 4.79 Å². The lowest BCUT2D eigenvalue weighted by atomic mass is 9.94. The van der Waals surface area contributed by atoms with Crippen LogP contribution in [0.1, 0.15) is 48.0 Å². The number of likely N-dealkylation sites (tertiary alicyclic amines) is 1. The fraction of sp³-hybridized carbons (Fsp3) is 0.714. The van der Waals surface area contributed by atoms with Crippen LogP contribution in [0.3, 0.4) is 0 Å². The zero-order chi connectivity index (χ0) is 13.8. The largest absolute Gasteiger partial charge is 0.396 e. The van der Waals surface area contributed by atoms with Gasteiger partial charge in [-0.1, -0.05) is 12.1 Å². The zero-order valence-corrected chi connectivity index (χ0v) is 11.7. The summed E-state index contributed by atoms with van der Waals surface area (Å²) in [5, 5.41) is 13.0. The average molecular weight is 266 g/mol. The summed E-state index contributed by atoms with van der Waals surface area (Å²) in [6.45, 7) is 5.47. The van der Waals surface area contributed by atoms with Crippen LogP contribution >= 0.6 is 0 Å². The van der Waals surface area contributed by atoms with E-state index in [0.29, 0.717) is 23.7 Å². The Labute approximate surface area is 113 Å². The van der Waals surface area contributed by atoms with E-state index >= 15 is 0 Å². The van der Waals surface area contributed by atoms with Crippen molar-refractivity contribution in [3.63, 3.8) is 0 Å². The molecule has 1 atom stereocenters. The molecule has 1 aromatic heterocycles. The molecule has 1 aliphatic rings. The van der Waals surface area contributed by atoms with E-state index in [1.54, 1.807) is 6.92 Å². The second-order valence-corrected chi connectivity index (χ2v) is 5.19. The molecule has 5 nitrogen and oxygen atoms in total. The van der Waals surface area contributed by atoms with Gasteiger partial charge < -0.3 is 14.5 Å². The second-order valence-electron chi connectivity index (χ2n) is 5.19. The molecular weight excluding hydrogens is 244 g/mol. The van der Waals surface area contributed by atoms with Crippen LogP contribution in [0.15, 0.2) is 4.52 Å². The van der Waals surface area contributed by atoms with Crippen molar-refractivity contribution in [3.8, 4) is 0 Å². The summed E-state index contributed by atoms with van der Waals surface area (Å²) < 4.78 is 5.14. The predicted octanol–water partition coefficient (Wildman–Crippen LogP) is 1.78. The number of aryl methyl sites for hydroxylation is 2. The number of piperidine rings is 1. The van der Waals surface area contributed by atoms with Crippen molar-refractivity contribution in [1.29, 1.82) is 0 Å². The van der Waals surface area contributed by atoms with Crippen LogP contribution in [0.4, 0.5) is 0 Å². The van der Waals surface area contributed by atoms with Gasteiger partial charge in [0.05, 0.1) is 5.69 Å². The summed E-state index contributed by atoms with van der Waals surface area (Å²) in [5.74, 6) is 1.04. The topological polar surface area (TPSA) is 66.6 Å². The van der Waals surface area contributed by atoms with E-state index in [2.05, 4.69) is 5.16 Å². The molecule has 1 saturated heterocycles. The molecule has 1 aliphatic heterocycles. The minimum Gasteiger partial charge on any atom is -0.396 e. The third-order valence-corrected chi connectivity index (χ3v) is 3.83. The van der Waals surface area contributed by atoms with Gasteiger partial charge in [0.2, 0.25) is 0 Å². The van der Waals surface area contributed by atoms with Gasteiger partial charge in [-0.25, -0.2) is 0 Å². The third-order valence-electron chi connectivity index (χ3n) is 3.83. The maximum atomic E-state index is 12.6. The van der Waals surface area contributed by atoms with E-state index in [1.165, 1.54) is 0 Å². The number of carbonyl (C=O) groups is 1. The molecule has 1 aromatic rings. The first kappa shape index (κ1) is 14.1. The minimum absolute atomic E-state index is 0.0261. The van der Waals surface area contributed by atoms with E-state index in [9.17, 15) is 4.79 Å². The summed E-state index contributed by atoms with van der Waals surface area (Å²) in [6.07, 6.45) is 3.56. The highest BCUT2D eigenvalue weighted by Crippen LogP contribution is 2.23. The van der Waals surface area contributed by atoms with Gasteiger partial charge in [-0.15, -0.1) is 0 Å². The molecule has 106 valence electrons. The van der Waals surface area contributed by atoms with E-state index < -0.39 is 0 Å². The fourth-order valence-electron chi connectivity index (χ4n) is 2.76.